The molecule has 0 aliphatic carbocycles. The molecule has 1 amide bonds. The Bertz CT molecular complexity index is 1020. The first-order valence-electron chi connectivity index (χ1n) is 11.9. The van der Waals surface area contributed by atoms with Crippen molar-refractivity contribution in [3.63, 3.8) is 0 Å². The van der Waals surface area contributed by atoms with Crippen molar-refractivity contribution in [1.29, 1.82) is 0 Å². The van der Waals surface area contributed by atoms with Gasteiger partial charge in [-0.1, -0.05) is 38.5 Å². The van der Waals surface area contributed by atoms with Crippen LogP contribution in [0, 0.1) is 19.8 Å². The van der Waals surface area contributed by atoms with Gasteiger partial charge >= 0.3 is 0 Å². The number of hydrogen-bond donors (Lipinski definition) is 1. The van der Waals surface area contributed by atoms with Gasteiger partial charge in [0, 0.05) is 25.4 Å². The van der Waals surface area contributed by atoms with Gasteiger partial charge in [-0.15, -0.1) is 0 Å². The van der Waals surface area contributed by atoms with Crippen LogP contribution in [0.3, 0.4) is 0 Å². The molecule has 1 N–H and O–H groups in total. The van der Waals surface area contributed by atoms with E-state index < -0.39 is 0 Å². The van der Waals surface area contributed by atoms with E-state index in [0.717, 1.165) is 62.3 Å². The lowest BCUT2D eigenvalue weighted by molar-refractivity contribution is -0.123. The summed E-state index contributed by atoms with van der Waals surface area (Å²) in [5, 5.41) is 2.99. The van der Waals surface area contributed by atoms with Gasteiger partial charge in [0.15, 0.2) is 0 Å². The molecule has 5 nitrogen and oxygen atoms in total. The molecule has 0 unspecified atom stereocenters. The van der Waals surface area contributed by atoms with Crippen molar-refractivity contribution < 1.29 is 9.53 Å². The number of benzene rings is 2. The van der Waals surface area contributed by atoms with E-state index in [1.54, 1.807) is 0 Å². The van der Waals surface area contributed by atoms with Crippen LogP contribution in [0.15, 0.2) is 42.5 Å². The number of rotatable bonds is 12. The van der Waals surface area contributed by atoms with Gasteiger partial charge in [-0.3, -0.25) is 4.79 Å². The largest absolute Gasteiger partial charge is 0.494 e. The van der Waals surface area contributed by atoms with Crippen LogP contribution in [0.25, 0.3) is 11.0 Å². The summed E-state index contributed by atoms with van der Waals surface area (Å²) in [6.07, 6.45) is 5.03. The third kappa shape index (κ3) is 6.59. The first-order chi connectivity index (χ1) is 15.5. The first-order valence-corrected chi connectivity index (χ1v) is 11.9. The zero-order chi connectivity index (χ0) is 22.9. The summed E-state index contributed by atoms with van der Waals surface area (Å²) in [4.78, 5) is 16.5. The normalized spacial score (nSPS) is 11.3. The summed E-state index contributed by atoms with van der Waals surface area (Å²) in [6, 6.07) is 14.6. The monoisotopic (exact) mass is 435 g/mol. The molecule has 0 aliphatic rings. The molecule has 0 atom stereocenters. The van der Waals surface area contributed by atoms with Crippen LogP contribution in [0.5, 0.6) is 5.75 Å². The number of fused-ring (bicyclic) bond motifs is 1. The Hall–Kier alpha value is -2.82. The summed E-state index contributed by atoms with van der Waals surface area (Å²) in [5.41, 5.74) is 4.79. The molecule has 0 saturated carbocycles. The highest BCUT2D eigenvalue weighted by Crippen LogP contribution is 2.20. The number of para-hydroxylation sites is 2. The molecule has 0 saturated heterocycles. The van der Waals surface area contributed by atoms with Crippen molar-refractivity contribution in [2.24, 2.45) is 5.92 Å². The molecule has 5 heteroatoms. The van der Waals surface area contributed by atoms with Crippen molar-refractivity contribution in [2.75, 3.05) is 13.2 Å². The summed E-state index contributed by atoms with van der Waals surface area (Å²) in [6.45, 7) is 10.4. The second-order valence-corrected chi connectivity index (χ2v) is 8.87. The zero-order valence-corrected chi connectivity index (χ0v) is 20.0. The fraction of sp³-hybridized carbons (Fsp3) is 0.481. The van der Waals surface area contributed by atoms with E-state index in [9.17, 15) is 4.79 Å². The maximum Gasteiger partial charge on any atom is 0.222 e. The Kier molecular flexibility index (Phi) is 8.72. The summed E-state index contributed by atoms with van der Waals surface area (Å²) in [7, 11) is 0. The molecule has 3 rings (SSSR count). The smallest absolute Gasteiger partial charge is 0.222 e. The van der Waals surface area contributed by atoms with Crippen LogP contribution < -0.4 is 10.1 Å². The molecule has 3 aromatic rings. The topological polar surface area (TPSA) is 56.1 Å². The fourth-order valence-electron chi connectivity index (χ4n) is 3.78. The quantitative estimate of drug-likeness (QED) is 0.376. The predicted octanol–water partition coefficient (Wildman–Crippen LogP) is 5.61. The van der Waals surface area contributed by atoms with E-state index in [2.05, 4.69) is 54.1 Å². The molecule has 0 aliphatic heterocycles. The summed E-state index contributed by atoms with van der Waals surface area (Å²) in [5.74, 6) is 2.26. The van der Waals surface area contributed by atoms with Crippen LogP contribution in [0.1, 0.15) is 56.5 Å². The van der Waals surface area contributed by atoms with E-state index in [1.165, 1.54) is 16.6 Å². The van der Waals surface area contributed by atoms with Gasteiger partial charge in [0.25, 0.3) is 0 Å². The summed E-state index contributed by atoms with van der Waals surface area (Å²) >= 11 is 0. The maximum absolute atomic E-state index is 11.7. The highest BCUT2D eigenvalue weighted by Gasteiger charge is 2.10. The van der Waals surface area contributed by atoms with Crippen LogP contribution in [0.2, 0.25) is 0 Å². The number of amides is 1. The molecule has 0 fully saturated rings. The summed E-state index contributed by atoms with van der Waals surface area (Å²) < 4.78 is 8.33. The van der Waals surface area contributed by atoms with E-state index in [-0.39, 0.29) is 11.8 Å². The number of hydrogen-bond acceptors (Lipinski definition) is 3. The van der Waals surface area contributed by atoms with Gasteiger partial charge in [-0.25, -0.2) is 4.98 Å². The van der Waals surface area contributed by atoms with E-state index in [1.807, 2.05) is 26.0 Å². The van der Waals surface area contributed by atoms with E-state index >= 15 is 0 Å². The average molecular weight is 436 g/mol. The number of nitrogens with zero attached hydrogens (tertiary/aromatic N) is 2. The van der Waals surface area contributed by atoms with Crippen LogP contribution in [-0.4, -0.2) is 28.6 Å². The number of carbonyl (C=O) groups is 1. The van der Waals surface area contributed by atoms with Crippen LogP contribution in [-0.2, 0) is 17.8 Å². The molecule has 0 spiro atoms. The van der Waals surface area contributed by atoms with Crippen molar-refractivity contribution in [3.8, 4) is 5.75 Å². The Morgan fingerprint density at radius 1 is 1.03 bits per heavy atom. The maximum atomic E-state index is 11.7. The number of carbonyl (C=O) groups excluding carboxylic acids is 1. The molecule has 0 bridgehead atoms. The van der Waals surface area contributed by atoms with Crippen molar-refractivity contribution in [2.45, 2.75) is 66.3 Å². The standard InChI is InChI=1S/C27H37N3O2/c1-20(2)27(31)28-16-9-5-6-13-26-29-24-11-7-8-12-25(24)30(26)17-10-18-32-23-15-14-21(3)22(4)19-23/h7-8,11-12,14-15,19-20H,5-6,9-10,13,16-18H2,1-4H3,(H,28,31). The minimum absolute atomic E-state index is 0.0499. The number of aromatic nitrogens is 2. The van der Waals surface area contributed by atoms with Crippen molar-refractivity contribution in [3.05, 3.63) is 59.4 Å². The lowest BCUT2D eigenvalue weighted by atomic mass is 10.1. The molecule has 32 heavy (non-hydrogen) atoms. The highest BCUT2D eigenvalue weighted by molar-refractivity contribution is 5.77. The predicted molar refractivity (Wildman–Crippen MR) is 131 cm³/mol. The molecule has 1 aromatic heterocycles. The Balaban J connectivity index is 1.51. The third-order valence-electron chi connectivity index (χ3n) is 5.91. The van der Waals surface area contributed by atoms with E-state index in [4.69, 9.17) is 9.72 Å². The lowest BCUT2D eigenvalue weighted by Crippen LogP contribution is -2.28. The second kappa shape index (κ2) is 11.7. The Labute approximate surface area is 192 Å². The number of imidazole rings is 1. The molecule has 2 aromatic carbocycles. The minimum Gasteiger partial charge on any atom is -0.494 e. The van der Waals surface area contributed by atoms with Gasteiger partial charge in [0.2, 0.25) is 5.91 Å². The second-order valence-electron chi connectivity index (χ2n) is 8.87. The van der Waals surface area contributed by atoms with Crippen LogP contribution >= 0.6 is 0 Å². The van der Waals surface area contributed by atoms with E-state index in [0.29, 0.717) is 6.61 Å². The fourth-order valence-corrected chi connectivity index (χ4v) is 3.78. The van der Waals surface area contributed by atoms with Gasteiger partial charge in [0.05, 0.1) is 17.6 Å². The molecule has 0 radical (unpaired) electrons. The first kappa shape index (κ1) is 23.8. The molecular formula is C27H37N3O2. The van der Waals surface area contributed by atoms with Crippen molar-refractivity contribution in [1.82, 2.24) is 14.9 Å². The van der Waals surface area contributed by atoms with Crippen LogP contribution in [0.4, 0.5) is 0 Å². The molecular weight excluding hydrogens is 398 g/mol. The highest BCUT2D eigenvalue weighted by atomic mass is 16.5. The number of nitrogens with one attached hydrogen (secondary N) is 1. The van der Waals surface area contributed by atoms with Crippen molar-refractivity contribution >= 4 is 16.9 Å². The molecule has 1 heterocycles. The average Bonchev–Trinajstić information content (AvgIpc) is 3.13. The third-order valence-corrected chi connectivity index (χ3v) is 5.91. The zero-order valence-electron chi connectivity index (χ0n) is 20.0. The Morgan fingerprint density at radius 3 is 2.62 bits per heavy atom. The number of unbranched alkanes of at least 4 members (excludes halogenated alkanes) is 2. The minimum atomic E-state index is 0.0499. The number of aryl methyl sites for hydroxylation is 4. The lowest BCUT2D eigenvalue weighted by Gasteiger charge is -2.11. The Morgan fingerprint density at radius 2 is 1.84 bits per heavy atom. The van der Waals surface area contributed by atoms with Gasteiger partial charge < -0.3 is 14.6 Å². The SMILES string of the molecule is Cc1ccc(OCCCn2c(CCCCCNC(=O)C(C)C)nc3ccccc32)cc1C. The van der Waals surface area contributed by atoms with Gasteiger partial charge in [-0.05, 0) is 68.5 Å². The van der Waals surface area contributed by atoms with Gasteiger partial charge in [-0.2, -0.15) is 0 Å². The number of ether oxygens (including phenoxy) is 1. The van der Waals surface area contributed by atoms with Gasteiger partial charge in [0.1, 0.15) is 11.6 Å². The molecule has 172 valence electrons.